The number of hydrogen-bond acceptors (Lipinski definition) is 4. The van der Waals surface area contributed by atoms with Gasteiger partial charge in [0, 0.05) is 37.7 Å². The van der Waals surface area contributed by atoms with Gasteiger partial charge in [0.1, 0.15) is 5.82 Å². The lowest BCUT2D eigenvalue weighted by atomic mass is 9.85. The Morgan fingerprint density at radius 1 is 1.47 bits per heavy atom. The Hall–Kier alpha value is -0.910. The lowest BCUT2D eigenvalue weighted by Crippen LogP contribution is -2.48. The van der Waals surface area contributed by atoms with E-state index in [1.165, 1.54) is 0 Å². The summed E-state index contributed by atoms with van der Waals surface area (Å²) in [6.07, 6.45) is 7.88. The van der Waals surface area contributed by atoms with E-state index in [0.29, 0.717) is 12.1 Å². The van der Waals surface area contributed by atoms with Crippen LogP contribution in [-0.2, 0) is 15.9 Å². The minimum atomic E-state index is -0.354. The fourth-order valence-electron chi connectivity index (χ4n) is 3.44. The number of imidazole rings is 1. The molecule has 0 amide bonds. The maximum atomic E-state index is 5.89. The smallest absolute Gasteiger partial charge is 0.170 e. The molecule has 5 nitrogen and oxygen atoms in total. The van der Waals surface area contributed by atoms with Gasteiger partial charge in [-0.25, -0.2) is 4.98 Å². The van der Waals surface area contributed by atoms with E-state index in [4.69, 9.17) is 9.47 Å². The molecule has 1 spiro atoms. The molecule has 1 aromatic rings. The highest BCUT2D eigenvalue weighted by molar-refractivity contribution is 5.02. The van der Waals surface area contributed by atoms with Crippen molar-refractivity contribution in [2.45, 2.75) is 50.5 Å². The largest absolute Gasteiger partial charge is 0.347 e. The molecule has 1 N–H and O–H groups in total. The van der Waals surface area contributed by atoms with Crippen LogP contribution < -0.4 is 5.32 Å². The molecule has 0 radical (unpaired) electrons. The van der Waals surface area contributed by atoms with Gasteiger partial charge in [0.2, 0.25) is 0 Å². The van der Waals surface area contributed by atoms with Crippen LogP contribution in [0.15, 0.2) is 12.4 Å². The van der Waals surface area contributed by atoms with Crippen LogP contribution in [0.4, 0.5) is 0 Å². The van der Waals surface area contributed by atoms with E-state index in [-0.39, 0.29) is 5.79 Å². The molecule has 0 bridgehead atoms. The molecule has 1 saturated carbocycles. The van der Waals surface area contributed by atoms with Crippen molar-refractivity contribution in [1.82, 2.24) is 14.9 Å². The fraction of sp³-hybridized carbons (Fsp3) is 0.786. The maximum absolute atomic E-state index is 5.89. The van der Waals surface area contributed by atoms with Crippen LogP contribution in [0.25, 0.3) is 0 Å². The number of aromatic nitrogens is 2. The monoisotopic (exact) mass is 265 g/mol. The molecule has 2 atom stereocenters. The zero-order valence-corrected chi connectivity index (χ0v) is 11.8. The molecule has 2 aliphatic rings. The molecule has 1 aliphatic heterocycles. The predicted octanol–water partition coefficient (Wildman–Crippen LogP) is 1.50. The van der Waals surface area contributed by atoms with Crippen molar-refractivity contribution < 1.29 is 9.47 Å². The van der Waals surface area contributed by atoms with Crippen LogP contribution in [0.1, 0.15) is 38.1 Å². The van der Waals surface area contributed by atoms with Gasteiger partial charge in [0.25, 0.3) is 0 Å². The van der Waals surface area contributed by atoms with E-state index in [2.05, 4.69) is 28.0 Å². The van der Waals surface area contributed by atoms with E-state index < -0.39 is 0 Å². The van der Waals surface area contributed by atoms with Gasteiger partial charge in [-0.2, -0.15) is 0 Å². The molecule has 5 heteroatoms. The number of ether oxygens (including phenoxy) is 2. The Balaban J connectivity index is 1.87. The molecule has 19 heavy (non-hydrogen) atoms. The number of rotatable bonds is 3. The van der Waals surface area contributed by atoms with Gasteiger partial charge in [0.05, 0.1) is 19.3 Å². The standard InChI is InChI=1S/C14H23N3O2/c1-3-13-16-6-7-17(13)12-10-14(18-8-9-19-14)5-4-11(12)15-2/h6-7,11-12,15H,3-5,8-10H2,1-2H3. The molecule has 0 aromatic carbocycles. The Kier molecular flexibility index (Phi) is 3.60. The molecule has 1 saturated heterocycles. The van der Waals surface area contributed by atoms with Crippen molar-refractivity contribution in [3.63, 3.8) is 0 Å². The summed E-state index contributed by atoms with van der Waals surface area (Å²) in [7, 11) is 2.04. The summed E-state index contributed by atoms with van der Waals surface area (Å²) in [6, 6.07) is 0.812. The van der Waals surface area contributed by atoms with E-state index in [1.807, 2.05) is 13.2 Å². The van der Waals surface area contributed by atoms with Gasteiger partial charge in [-0.3, -0.25) is 0 Å². The van der Waals surface area contributed by atoms with Crippen molar-refractivity contribution in [3.05, 3.63) is 18.2 Å². The summed E-state index contributed by atoms with van der Waals surface area (Å²) in [5.74, 6) is 0.785. The molecule has 2 fully saturated rings. The van der Waals surface area contributed by atoms with Gasteiger partial charge in [0.15, 0.2) is 5.79 Å². The first-order valence-electron chi connectivity index (χ1n) is 7.25. The lowest BCUT2D eigenvalue weighted by molar-refractivity contribution is -0.188. The molecular weight excluding hydrogens is 242 g/mol. The first kappa shape index (κ1) is 13.1. The number of hydrogen-bond donors (Lipinski definition) is 1. The van der Waals surface area contributed by atoms with Gasteiger partial charge in [-0.05, 0) is 13.5 Å². The van der Waals surface area contributed by atoms with Gasteiger partial charge in [-0.15, -0.1) is 0 Å². The van der Waals surface area contributed by atoms with Crippen molar-refractivity contribution in [2.75, 3.05) is 20.3 Å². The number of nitrogens with one attached hydrogen (secondary N) is 1. The Bertz CT molecular complexity index is 426. The normalized spacial score (nSPS) is 30.0. The summed E-state index contributed by atoms with van der Waals surface area (Å²) in [5, 5.41) is 3.44. The molecule has 2 heterocycles. The van der Waals surface area contributed by atoms with E-state index in [9.17, 15) is 0 Å². The highest BCUT2D eigenvalue weighted by Crippen LogP contribution is 2.41. The van der Waals surface area contributed by atoms with Gasteiger partial charge >= 0.3 is 0 Å². The average molecular weight is 265 g/mol. The van der Waals surface area contributed by atoms with Crippen LogP contribution in [0.5, 0.6) is 0 Å². The second-order valence-electron chi connectivity index (χ2n) is 5.42. The highest BCUT2D eigenvalue weighted by atomic mass is 16.7. The van der Waals surface area contributed by atoms with Crippen LogP contribution in [-0.4, -0.2) is 41.6 Å². The summed E-state index contributed by atoms with van der Waals surface area (Å²) in [4.78, 5) is 4.45. The molecular formula is C14H23N3O2. The Morgan fingerprint density at radius 2 is 2.26 bits per heavy atom. The Labute approximate surface area is 114 Å². The first-order valence-corrected chi connectivity index (χ1v) is 7.25. The van der Waals surface area contributed by atoms with Crippen molar-refractivity contribution >= 4 is 0 Å². The molecule has 106 valence electrons. The van der Waals surface area contributed by atoms with Crippen molar-refractivity contribution in [2.24, 2.45) is 0 Å². The second-order valence-corrected chi connectivity index (χ2v) is 5.42. The SMILES string of the molecule is CCc1nccn1C1CC2(CCC1NC)OCCO2. The van der Waals surface area contributed by atoms with Crippen LogP contribution in [0.2, 0.25) is 0 Å². The first-order chi connectivity index (χ1) is 9.28. The van der Waals surface area contributed by atoms with Crippen molar-refractivity contribution in [3.8, 4) is 0 Å². The zero-order valence-electron chi connectivity index (χ0n) is 11.8. The lowest BCUT2D eigenvalue weighted by Gasteiger charge is -2.42. The van der Waals surface area contributed by atoms with Crippen LogP contribution in [0, 0.1) is 0 Å². The van der Waals surface area contributed by atoms with Crippen LogP contribution in [0.3, 0.4) is 0 Å². The summed E-state index contributed by atoms with van der Waals surface area (Å²) in [6.45, 7) is 3.59. The predicted molar refractivity (Wildman–Crippen MR) is 72.0 cm³/mol. The fourth-order valence-corrected chi connectivity index (χ4v) is 3.44. The van der Waals surface area contributed by atoms with E-state index >= 15 is 0 Å². The van der Waals surface area contributed by atoms with E-state index in [0.717, 1.165) is 44.7 Å². The quantitative estimate of drug-likeness (QED) is 0.900. The number of aryl methyl sites for hydroxylation is 1. The van der Waals surface area contributed by atoms with Gasteiger partial charge in [-0.1, -0.05) is 6.92 Å². The third-order valence-electron chi connectivity index (χ3n) is 4.43. The minimum Gasteiger partial charge on any atom is -0.347 e. The average Bonchev–Trinajstić information content (AvgIpc) is 3.08. The highest BCUT2D eigenvalue weighted by Gasteiger charge is 2.45. The zero-order chi connectivity index (χ0) is 13.3. The molecule has 2 unspecified atom stereocenters. The third kappa shape index (κ3) is 2.30. The summed E-state index contributed by atoms with van der Waals surface area (Å²) >= 11 is 0. The van der Waals surface area contributed by atoms with E-state index in [1.54, 1.807) is 0 Å². The summed E-state index contributed by atoms with van der Waals surface area (Å²) in [5.41, 5.74) is 0. The molecule has 3 rings (SSSR count). The number of likely N-dealkylation sites (N-methyl/N-ethyl adjacent to an activating group) is 1. The summed E-state index contributed by atoms with van der Waals surface area (Å²) < 4.78 is 14.1. The molecule has 1 aromatic heterocycles. The maximum Gasteiger partial charge on any atom is 0.170 e. The Morgan fingerprint density at radius 3 is 2.95 bits per heavy atom. The van der Waals surface area contributed by atoms with Crippen molar-refractivity contribution in [1.29, 1.82) is 0 Å². The third-order valence-corrected chi connectivity index (χ3v) is 4.43. The minimum absolute atomic E-state index is 0.354. The topological polar surface area (TPSA) is 48.3 Å². The van der Waals surface area contributed by atoms with Gasteiger partial charge < -0.3 is 19.4 Å². The molecule has 1 aliphatic carbocycles. The van der Waals surface area contributed by atoms with Crippen LogP contribution >= 0.6 is 0 Å². The number of nitrogens with zero attached hydrogens (tertiary/aromatic N) is 2. The second kappa shape index (κ2) is 5.23.